The first kappa shape index (κ1) is 39.0. The molecule has 10 rings (SSSR count). The van der Waals surface area contributed by atoms with Crippen molar-refractivity contribution in [2.45, 2.75) is 0 Å². The highest BCUT2D eigenvalue weighted by molar-refractivity contribution is 5.97. The van der Waals surface area contributed by atoms with Crippen LogP contribution in [0.25, 0.3) is 102 Å². The van der Waals surface area contributed by atoms with Gasteiger partial charge in [-0.05, 0) is 41.5 Å². The maximum Gasteiger partial charge on any atom is 0.338 e. The summed E-state index contributed by atoms with van der Waals surface area (Å²) in [6.07, 6.45) is 0. The smallest absolute Gasteiger partial charge is 0.338 e. The molecule has 0 bridgehead atoms. The Balaban J connectivity index is 0.859. The maximum atomic E-state index is 12.7. The van der Waals surface area contributed by atoms with Crippen LogP contribution >= 0.6 is 0 Å². The Kier molecular flexibility index (Phi) is 10.2. The standard InChI is InChI=1S/C48H34N12O4/c1-63-47(61)36-24-34(44-50-39(53-58-44)29-9-5-3-6-10-29)23-35(25-36)45-51-42(55-59-45)32-19-15-28(16-20-32)27-13-17-31(18-14-27)41-49-43(57-54-41)33-21-22-37(48(62)64-2)38(26-33)46-52-40(56-60-46)30-11-7-4-8-12-30/h3-26H,1-2H3,(H,49,54,57)(H,50,53,58)(H,51,55,59)(H,52,56,60). The summed E-state index contributed by atoms with van der Waals surface area (Å²) < 4.78 is 10.1. The van der Waals surface area contributed by atoms with Gasteiger partial charge < -0.3 is 9.47 Å². The van der Waals surface area contributed by atoms with Crippen LogP contribution < -0.4 is 0 Å². The van der Waals surface area contributed by atoms with Crippen molar-refractivity contribution in [1.29, 1.82) is 0 Å². The molecule has 0 atom stereocenters. The summed E-state index contributed by atoms with van der Waals surface area (Å²) in [6.45, 7) is 0. The highest BCUT2D eigenvalue weighted by atomic mass is 16.5. The van der Waals surface area contributed by atoms with Crippen LogP contribution in [-0.2, 0) is 9.47 Å². The molecular weight excluding hydrogens is 809 g/mol. The Hall–Kier alpha value is -9.18. The Morgan fingerprint density at radius 3 is 1.20 bits per heavy atom. The molecule has 0 saturated carbocycles. The summed E-state index contributed by atoms with van der Waals surface area (Å²) in [6, 6.07) is 45.6. The average molecular weight is 843 g/mol. The Morgan fingerprint density at radius 2 is 0.750 bits per heavy atom. The number of carbonyl (C=O) groups is 2. The average Bonchev–Trinajstić information content (AvgIpc) is 4.22. The molecule has 0 radical (unpaired) electrons. The topological polar surface area (TPSA) is 219 Å². The van der Waals surface area contributed by atoms with Crippen molar-refractivity contribution in [3.8, 4) is 102 Å². The monoisotopic (exact) mass is 842 g/mol. The van der Waals surface area contributed by atoms with E-state index in [9.17, 15) is 9.59 Å². The van der Waals surface area contributed by atoms with E-state index in [-0.39, 0.29) is 0 Å². The van der Waals surface area contributed by atoms with E-state index in [1.807, 2.05) is 115 Å². The Bertz CT molecular complexity index is 3280. The number of nitrogens with one attached hydrogen (secondary N) is 4. The van der Waals surface area contributed by atoms with E-state index in [0.717, 1.165) is 33.4 Å². The quantitative estimate of drug-likeness (QED) is 0.0899. The molecule has 310 valence electrons. The van der Waals surface area contributed by atoms with Crippen LogP contribution in [0.3, 0.4) is 0 Å². The molecule has 10 aromatic rings. The van der Waals surface area contributed by atoms with Gasteiger partial charge in [-0.15, -0.1) is 0 Å². The minimum absolute atomic E-state index is 0.314. The van der Waals surface area contributed by atoms with Crippen LogP contribution in [0.5, 0.6) is 0 Å². The van der Waals surface area contributed by atoms with Gasteiger partial charge in [0.25, 0.3) is 0 Å². The molecule has 16 heteroatoms. The van der Waals surface area contributed by atoms with Gasteiger partial charge in [-0.1, -0.05) is 115 Å². The molecule has 16 nitrogen and oxygen atoms in total. The van der Waals surface area contributed by atoms with E-state index in [1.54, 1.807) is 30.3 Å². The second kappa shape index (κ2) is 16.7. The van der Waals surface area contributed by atoms with E-state index >= 15 is 0 Å². The van der Waals surface area contributed by atoms with Gasteiger partial charge in [0.1, 0.15) is 0 Å². The highest BCUT2D eigenvalue weighted by Gasteiger charge is 2.21. The Labute approximate surface area is 363 Å². The van der Waals surface area contributed by atoms with Crippen molar-refractivity contribution >= 4 is 11.9 Å². The minimum Gasteiger partial charge on any atom is -0.465 e. The number of aromatic nitrogens is 12. The number of aromatic amines is 4. The van der Waals surface area contributed by atoms with Crippen molar-refractivity contribution in [2.24, 2.45) is 0 Å². The summed E-state index contributed by atoms with van der Waals surface area (Å²) in [4.78, 5) is 44.3. The summed E-state index contributed by atoms with van der Waals surface area (Å²) >= 11 is 0. The first-order valence-corrected chi connectivity index (χ1v) is 19.9. The van der Waals surface area contributed by atoms with Gasteiger partial charge in [0, 0.05) is 44.5 Å². The van der Waals surface area contributed by atoms with Crippen LogP contribution in [0, 0.1) is 0 Å². The molecule has 0 unspecified atom stereocenters. The number of esters is 2. The van der Waals surface area contributed by atoms with Crippen molar-refractivity contribution in [2.75, 3.05) is 14.2 Å². The second-order valence-corrected chi connectivity index (χ2v) is 14.5. The van der Waals surface area contributed by atoms with E-state index in [0.29, 0.717) is 80.0 Å². The van der Waals surface area contributed by atoms with E-state index in [2.05, 4.69) is 50.8 Å². The molecule has 4 N–H and O–H groups in total. The lowest BCUT2D eigenvalue weighted by molar-refractivity contribution is 0.0592. The number of carbonyl (C=O) groups excluding carboxylic acids is 2. The molecule has 4 heterocycles. The normalized spacial score (nSPS) is 11.1. The Morgan fingerprint density at radius 1 is 0.375 bits per heavy atom. The largest absolute Gasteiger partial charge is 0.465 e. The molecule has 0 aliphatic carbocycles. The molecule has 0 spiro atoms. The van der Waals surface area contributed by atoms with Gasteiger partial charge in [0.05, 0.1) is 25.3 Å². The van der Waals surface area contributed by atoms with Crippen molar-refractivity contribution < 1.29 is 19.1 Å². The van der Waals surface area contributed by atoms with E-state index in [1.165, 1.54) is 14.2 Å². The van der Waals surface area contributed by atoms with Gasteiger partial charge in [-0.25, -0.2) is 29.5 Å². The lowest BCUT2D eigenvalue weighted by Gasteiger charge is -2.06. The van der Waals surface area contributed by atoms with Gasteiger partial charge in [-0.3, -0.25) is 20.4 Å². The van der Waals surface area contributed by atoms with Gasteiger partial charge in [0.15, 0.2) is 46.6 Å². The zero-order chi connectivity index (χ0) is 43.6. The third-order valence-electron chi connectivity index (χ3n) is 10.5. The number of benzene rings is 6. The molecular formula is C48H34N12O4. The predicted molar refractivity (Wildman–Crippen MR) is 238 cm³/mol. The fourth-order valence-electron chi connectivity index (χ4n) is 7.18. The lowest BCUT2D eigenvalue weighted by atomic mass is 10.0. The lowest BCUT2D eigenvalue weighted by Crippen LogP contribution is -2.04. The number of rotatable bonds is 11. The van der Waals surface area contributed by atoms with Crippen LogP contribution in [0.4, 0.5) is 0 Å². The summed E-state index contributed by atoms with van der Waals surface area (Å²) in [5, 5.41) is 29.8. The van der Waals surface area contributed by atoms with E-state index in [4.69, 9.17) is 19.4 Å². The predicted octanol–water partition coefficient (Wildman–Crippen LogP) is 8.74. The molecule has 0 fully saturated rings. The summed E-state index contributed by atoms with van der Waals surface area (Å²) in [5.41, 5.74) is 8.34. The number of methoxy groups -OCH3 is 2. The number of hydrogen-bond acceptors (Lipinski definition) is 12. The molecule has 0 amide bonds. The van der Waals surface area contributed by atoms with Crippen molar-refractivity contribution in [3.05, 3.63) is 157 Å². The minimum atomic E-state index is -0.512. The third-order valence-corrected chi connectivity index (χ3v) is 10.5. The first-order chi connectivity index (χ1) is 31.4. The van der Waals surface area contributed by atoms with Crippen LogP contribution in [0.2, 0.25) is 0 Å². The summed E-state index contributed by atoms with van der Waals surface area (Å²) in [5.74, 6) is 2.85. The zero-order valence-electron chi connectivity index (χ0n) is 34.1. The second-order valence-electron chi connectivity index (χ2n) is 14.5. The number of ether oxygens (including phenoxy) is 2. The van der Waals surface area contributed by atoms with Crippen LogP contribution in [-0.4, -0.2) is 86.9 Å². The van der Waals surface area contributed by atoms with Crippen LogP contribution in [0.15, 0.2) is 146 Å². The van der Waals surface area contributed by atoms with E-state index < -0.39 is 11.9 Å². The summed E-state index contributed by atoms with van der Waals surface area (Å²) in [7, 11) is 2.67. The number of H-pyrrole nitrogens is 4. The first-order valence-electron chi connectivity index (χ1n) is 19.9. The number of nitrogens with zero attached hydrogens (tertiary/aromatic N) is 8. The fraction of sp³-hybridized carbons (Fsp3) is 0.0417. The SMILES string of the molecule is COC(=O)c1cc(-c2n[nH]c(-c3ccccc3)n2)cc(-c2n[nH]c(-c3ccc(-c4ccc(-c5nc(-c6ccc(C(=O)OC)c(-c7n[nH]c(-c8ccccc8)n7)c6)n[nH]5)cc4)cc3)n2)c1. The van der Waals surface area contributed by atoms with Gasteiger partial charge >= 0.3 is 11.9 Å². The van der Waals surface area contributed by atoms with Gasteiger partial charge in [0.2, 0.25) is 0 Å². The zero-order valence-corrected chi connectivity index (χ0v) is 34.1. The van der Waals surface area contributed by atoms with Crippen molar-refractivity contribution in [1.82, 2.24) is 60.7 Å². The van der Waals surface area contributed by atoms with Crippen molar-refractivity contribution in [3.63, 3.8) is 0 Å². The third kappa shape index (κ3) is 7.69. The number of hydrogen-bond donors (Lipinski definition) is 4. The molecule has 6 aromatic carbocycles. The molecule has 0 saturated heterocycles. The molecule has 0 aliphatic heterocycles. The molecule has 4 aromatic heterocycles. The maximum absolute atomic E-state index is 12.7. The molecule has 0 aliphatic rings. The van der Waals surface area contributed by atoms with Gasteiger partial charge in [-0.2, -0.15) is 20.4 Å². The highest BCUT2D eigenvalue weighted by Crippen LogP contribution is 2.32. The fourth-order valence-corrected chi connectivity index (χ4v) is 7.18. The van der Waals surface area contributed by atoms with Crippen LogP contribution in [0.1, 0.15) is 20.7 Å². The molecule has 64 heavy (non-hydrogen) atoms.